The number of carbonyl (C=O) groups excluding carboxylic acids is 1. The fourth-order valence-electron chi connectivity index (χ4n) is 1.66. The Bertz CT molecular complexity index is 467. The molecule has 0 saturated heterocycles. The highest BCUT2D eigenvalue weighted by Crippen LogP contribution is 2.10. The van der Waals surface area contributed by atoms with Gasteiger partial charge in [0.15, 0.2) is 0 Å². The van der Waals surface area contributed by atoms with Gasteiger partial charge in [-0.2, -0.15) is 5.26 Å². The van der Waals surface area contributed by atoms with Crippen LogP contribution < -0.4 is 5.32 Å². The summed E-state index contributed by atoms with van der Waals surface area (Å²) in [6.07, 6.45) is 2.64. The van der Waals surface area contributed by atoms with E-state index < -0.39 is 0 Å². The lowest BCUT2D eigenvalue weighted by atomic mass is 10.2. The summed E-state index contributed by atoms with van der Waals surface area (Å²) in [6, 6.07) is 5.69. The van der Waals surface area contributed by atoms with Gasteiger partial charge in [0.25, 0.3) is 5.91 Å². The molecule has 0 aromatic carbocycles. The van der Waals surface area contributed by atoms with E-state index in [-0.39, 0.29) is 11.8 Å². The molecule has 1 aromatic rings. The lowest BCUT2D eigenvalue weighted by molar-refractivity contribution is 0.0779. The van der Waals surface area contributed by atoms with Crippen LogP contribution in [0.15, 0.2) is 18.3 Å². The molecule has 19 heavy (non-hydrogen) atoms. The SMILES string of the molecule is CCCNc1ccnc(C(=O)N(C)CC(C)C#N)c1. The third-order valence-corrected chi connectivity index (χ3v) is 2.67. The maximum absolute atomic E-state index is 12.1. The van der Waals surface area contributed by atoms with Crippen molar-refractivity contribution in [3.8, 4) is 6.07 Å². The van der Waals surface area contributed by atoms with E-state index in [9.17, 15) is 4.79 Å². The van der Waals surface area contributed by atoms with Crippen LogP contribution in [0.3, 0.4) is 0 Å². The van der Waals surface area contributed by atoms with Crippen molar-refractivity contribution in [3.63, 3.8) is 0 Å². The van der Waals surface area contributed by atoms with Gasteiger partial charge >= 0.3 is 0 Å². The summed E-state index contributed by atoms with van der Waals surface area (Å²) in [6.45, 7) is 5.14. The molecule has 5 heteroatoms. The van der Waals surface area contributed by atoms with Gasteiger partial charge in [0.2, 0.25) is 0 Å². The summed E-state index contributed by atoms with van der Waals surface area (Å²) in [4.78, 5) is 17.8. The molecule has 1 N–H and O–H groups in total. The molecule has 0 spiro atoms. The average molecular weight is 260 g/mol. The highest BCUT2D eigenvalue weighted by Gasteiger charge is 2.15. The van der Waals surface area contributed by atoms with E-state index >= 15 is 0 Å². The predicted octanol–water partition coefficient (Wildman–Crippen LogP) is 2.14. The second-order valence-corrected chi connectivity index (χ2v) is 4.57. The normalized spacial score (nSPS) is 11.5. The second kappa shape index (κ2) is 7.37. The van der Waals surface area contributed by atoms with E-state index in [0.717, 1.165) is 18.7 Å². The molecule has 0 aliphatic heterocycles. The summed E-state index contributed by atoms with van der Waals surface area (Å²) >= 11 is 0. The number of anilines is 1. The number of nitrogens with zero attached hydrogens (tertiary/aromatic N) is 3. The maximum Gasteiger partial charge on any atom is 0.272 e. The molecule has 1 unspecified atom stereocenters. The zero-order valence-electron chi connectivity index (χ0n) is 11.7. The first-order valence-corrected chi connectivity index (χ1v) is 6.43. The van der Waals surface area contributed by atoms with Crippen molar-refractivity contribution < 1.29 is 4.79 Å². The van der Waals surface area contributed by atoms with Gasteiger partial charge in [0.1, 0.15) is 5.69 Å². The third-order valence-electron chi connectivity index (χ3n) is 2.67. The van der Waals surface area contributed by atoms with E-state index in [1.165, 1.54) is 4.90 Å². The maximum atomic E-state index is 12.1. The topological polar surface area (TPSA) is 69.0 Å². The van der Waals surface area contributed by atoms with Crippen molar-refractivity contribution in [2.24, 2.45) is 5.92 Å². The molecule has 5 nitrogen and oxygen atoms in total. The molecule has 1 rings (SSSR count). The number of rotatable bonds is 6. The van der Waals surface area contributed by atoms with Gasteiger partial charge in [-0.3, -0.25) is 9.78 Å². The number of pyridine rings is 1. The first kappa shape index (κ1) is 15.0. The summed E-state index contributed by atoms with van der Waals surface area (Å²) in [7, 11) is 1.68. The van der Waals surface area contributed by atoms with E-state index in [0.29, 0.717) is 12.2 Å². The van der Waals surface area contributed by atoms with Crippen LogP contribution in [0, 0.1) is 17.2 Å². The number of carbonyl (C=O) groups is 1. The Morgan fingerprint density at radius 1 is 1.63 bits per heavy atom. The van der Waals surface area contributed by atoms with Crippen molar-refractivity contribution in [1.29, 1.82) is 5.26 Å². The predicted molar refractivity (Wildman–Crippen MR) is 74.8 cm³/mol. The molecule has 0 saturated carbocycles. The first-order chi connectivity index (χ1) is 9.08. The van der Waals surface area contributed by atoms with Gasteiger partial charge in [-0.05, 0) is 25.5 Å². The summed E-state index contributed by atoms with van der Waals surface area (Å²) < 4.78 is 0. The van der Waals surface area contributed by atoms with Crippen LogP contribution in [0.4, 0.5) is 5.69 Å². The molecular formula is C14H20N4O. The van der Waals surface area contributed by atoms with Crippen molar-refractivity contribution >= 4 is 11.6 Å². The summed E-state index contributed by atoms with van der Waals surface area (Å²) in [5.41, 5.74) is 1.29. The Kier molecular flexibility index (Phi) is 5.80. The van der Waals surface area contributed by atoms with E-state index in [2.05, 4.69) is 23.3 Å². The molecular weight excluding hydrogens is 240 g/mol. The van der Waals surface area contributed by atoms with E-state index in [1.54, 1.807) is 26.2 Å². The Balaban J connectivity index is 2.73. The largest absolute Gasteiger partial charge is 0.385 e. The van der Waals surface area contributed by atoms with Crippen molar-refractivity contribution in [1.82, 2.24) is 9.88 Å². The average Bonchev–Trinajstić information content (AvgIpc) is 2.44. The van der Waals surface area contributed by atoms with Crippen molar-refractivity contribution in [3.05, 3.63) is 24.0 Å². The molecule has 1 amide bonds. The van der Waals surface area contributed by atoms with Crippen LogP contribution in [-0.4, -0.2) is 35.9 Å². The molecule has 102 valence electrons. The first-order valence-electron chi connectivity index (χ1n) is 6.43. The minimum absolute atomic E-state index is 0.165. The van der Waals surface area contributed by atoms with Crippen molar-refractivity contribution in [2.75, 3.05) is 25.5 Å². The zero-order chi connectivity index (χ0) is 14.3. The van der Waals surface area contributed by atoms with Crippen LogP contribution in [-0.2, 0) is 0 Å². The summed E-state index contributed by atoms with van der Waals surface area (Å²) in [5, 5.41) is 12.0. The number of hydrogen-bond acceptors (Lipinski definition) is 4. The summed E-state index contributed by atoms with van der Waals surface area (Å²) in [5.74, 6) is -0.349. The fraction of sp³-hybridized carbons (Fsp3) is 0.500. The Morgan fingerprint density at radius 3 is 3.00 bits per heavy atom. The van der Waals surface area contributed by atoms with Crippen LogP contribution in [0.5, 0.6) is 0 Å². The monoisotopic (exact) mass is 260 g/mol. The number of nitriles is 1. The van der Waals surface area contributed by atoms with Gasteiger partial charge in [-0.15, -0.1) is 0 Å². The van der Waals surface area contributed by atoms with Crippen LogP contribution in [0.2, 0.25) is 0 Å². The molecule has 0 fully saturated rings. The highest BCUT2D eigenvalue weighted by molar-refractivity contribution is 5.93. The fourth-order valence-corrected chi connectivity index (χ4v) is 1.66. The quantitative estimate of drug-likeness (QED) is 0.850. The molecule has 1 heterocycles. The zero-order valence-corrected chi connectivity index (χ0v) is 11.7. The Labute approximate surface area is 114 Å². The van der Waals surface area contributed by atoms with Crippen molar-refractivity contribution in [2.45, 2.75) is 20.3 Å². The third kappa shape index (κ3) is 4.59. The minimum Gasteiger partial charge on any atom is -0.385 e. The molecule has 0 aliphatic carbocycles. The number of aromatic nitrogens is 1. The van der Waals surface area contributed by atoms with Gasteiger partial charge in [0, 0.05) is 32.0 Å². The molecule has 0 bridgehead atoms. The number of hydrogen-bond donors (Lipinski definition) is 1. The van der Waals surface area contributed by atoms with Gasteiger partial charge in [-0.25, -0.2) is 0 Å². The lowest BCUT2D eigenvalue weighted by Crippen LogP contribution is -2.31. The molecule has 1 aromatic heterocycles. The van der Waals surface area contributed by atoms with Gasteiger partial charge in [-0.1, -0.05) is 6.92 Å². The van der Waals surface area contributed by atoms with Crippen LogP contribution >= 0.6 is 0 Å². The second-order valence-electron chi connectivity index (χ2n) is 4.57. The van der Waals surface area contributed by atoms with E-state index in [1.807, 2.05) is 6.07 Å². The molecule has 0 radical (unpaired) electrons. The highest BCUT2D eigenvalue weighted by atomic mass is 16.2. The van der Waals surface area contributed by atoms with E-state index in [4.69, 9.17) is 5.26 Å². The minimum atomic E-state index is -0.185. The standard InChI is InChI=1S/C14H20N4O/c1-4-6-16-12-5-7-17-13(8-12)14(19)18(3)10-11(2)9-15/h5,7-8,11H,4,6,10H2,1-3H3,(H,16,17). The van der Waals surface area contributed by atoms with Crippen LogP contribution in [0.25, 0.3) is 0 Å². The Morgan fingerprint density at radius 2 is 2.37 bits per heavy atom. The molecule has 1 atom stereocenters. The number of amides is 1. The smallest absolute Gasteiger partial charge is 0.272 e. The molecule has 0 aliphatic rings. The Hall–Kier alpha value is -2.09. The van der Waals surface area contributed by atoms with Gasteiger partial charge in [0.05, 0.1) is 12.0 Å². The van der Waals surface area contributed by atoms with Gasteiger partial charge < -0.3 is 10.2 Å². The lowest BCUT2D eigenvalue weighted by Gasteiger charge is -2.18. The number of nitrogens with one attached hydrogen (secondary N) is 1. The van der Waals surface area contributed by atoms with Crippen LogP contribution in [0.1, 0.15) is 30.8 Å².